The first-order chi connectivity index (χ1) is 14.7. The highest BCUT2D eigenvalue weighted by Crippen LogP contribution is 2.42. The van der Waals surface area contributed by atoms with Crippen LogP contribution < -0.4 is 9.47 Å². The van der Waals surface area contributed by atoms with Crippen molar-refractivity contribution in [1.29, 1.82) is 0 Å². The molecule has 0 amide bonds. The lowest BCUT2D eigenvalue weighted by Crippen LogP contribution is -2.07. The lowest BCUT2D eigenvalue weighted by atomic mass is 10.1. The number of hydrogen-bond acceptors (Lipinski definition) is 2. The molecule has 0 atom stereocenters. The van der Waals surface area contributed by atoms with E-state index in [9.17, 15) is 17.3 Å². The first-order valence-electron chi connectivity index (χ1n) is 9.39. The van der Waals surface area contributed by atoms with Crippen molar-refractivity contribution in [2.45, 2.75) is 9.79 Å². The van der Waals surface area contributed by atoms with Crippen LogP contribution in [0.25, 0.3) is 21.5 Å². The van der Waals surface area contributed by atoms with Crippen LogP contribution in [-0.2, 0) is 10.9 Å². The van der Waals surface area contributed by atoms with E-state index in [4.69, 9.17) is 9.47 Å². The molecule has 0 unspecified atom stereocenters. The van der Waals surface area contributed by atoms with Crippen LogP contribution in [0.4, 0.5) is 17.3 Å². The Bertz CT molecular complexity index is 1100. The standard InChI is InChI=1S/C23H21O2S.BF4/c1-24-20-14-12-16-8-4-6-10-18(16)22(20)26(3)23-19-11-7-5-9-17(19)13-15-21(23)25-2;2-1(3,4)5/h4-15H,1-3H3;/q+1;-1. The molecule has 4 aromatic rings. The zero-order valence-electron chi connectivity index (χ0n) is 17.2. The molecule has 0 heterocycles. The summed E-state index contributed by atoms with van der Waals surface area (Å²) in [7, 11) is -2.74. The number of halogens is 4. The molecule has 2 nitrogen and oxygen atoms in total. The molecule has 0 aliphatic rings. The molecule has 0 bridgehead atoms. The molecule has 0 aliphatic heterocycles. The van der Waals surface area contributed by atoms with Gasteiger partial charge in [0.1, 0.15) is 6.26 Å². The van der Waals surface area contributed by atoms with E-state index < -0.39 is 7.25 Å². The van der Waals surface area contributed by atoms with E-state index in [1.54, 1.807) is 14.2 Å². The Hall–Kier alpha value is -2.87. The monoisotopic (exact) mass is 448 g/mol. The zero-order chi connectivity index (χ0) is 22.6. The van der Waals surface area contributed by atoms with Crippen molar-refractivity contribution in [2.75, 3.05) is 20.5 Å². The summed E-state index contributed by atoms with van der Waals surface area (Å²) >= 11 is 0. The van der Waals surface area contributed by atoms with Crippen LogP contribution in [0.5, 0.6) is 11.5 Å². The maximum absolute atomic E-state index is 9.75. The van der Waals surface area contributed by atoms with Gasteiger partial charge in [-0.2, -0.15) is 0 Å². The van der Waals surface area contributed by atoms with Crippen LogP contribution in [-0.4, -0.2) is 27.7 Å². The Kier molecular flexibility index (Phi) is 7.00. The van der Waals surface area contributed by atoms with Crippen LogP contribution in [0, 0.1) is 0 Å². The summed E-state index contributed by atoms with van der Waals surface area (Å²) in [5, 5.41) is 4.91. The molecule has 0 saturated heterocycles. The van der Waals surface area contributed by atoms with Crippen molar-refractivity contribution in [3.63, 3.8) is 0 Å². The summed E-state index contributed by atoms with van der Waals surface area (Å²) < 4.78 is 50.5. The lowest BCUT2D eigenvalue weighted by molar-refractivity contribution is 0.368. The normalized spacial score (nSPS) is 11.4. The van der Waals surface area contributed by atoms with Crippen molar-refractivity contribution in [3.8, 4) is 11.5 Å². The second-order valence-electron chi connectivity index (χ2n) is 6.64. The zero-order valence-corrected chi connectivity index (χ0v) is 18.1. The van der Waals surface area contributed by atoms with Gasteiger partial charge in [0.25, 0.3) is 0 Å². The summed E-state index contributed by atoms with van der Waals surface area (Å²) in [4.78, 5) is 2.44. The van der Waals surface area contributed by atoms with Crippen molar-refractivity contribution in [2.24, 2.45) is 0 Å². The van der Waals surface area contributed by atoms with E-state index in [2.05, 4.69) is 79.1 Å². The molecular weight excluding hydrogens is 427 g/mol. The van der Waals surface area contributed by atoms with E-state index in [0.717, 1.165) is 11.5 Å². The molecule has 0 aliphatic carbocycles. The van der Waals surface area contributed by atoms with Crippen LogP contribution in [0.2, 0.25) is 0 Å². The maximum Gasteiger partial charge on any atom is 0.673 e. The van der Waals surface area contributed by atoms with Gasteiger partial charge in [-0.1, -0.05) is 48.5 Å². The van der Waals surface area contributed by atoms with Gasteiger partial charge in [-0.15, -0.1) is 0 Å². The molecule has 0 fully saturated rings. The van der Waals surface area contributed by atoms with Gasteiger partial charge in [-0.25, -0.2) is 0 Å². The predicted octanol–water partition coefficient (Wildman–Crippen LogP) is 6.98. The van der Waals surface area contributed by atoms with Gasteiger partial charge in [-0.05, 0) is 35.0 Å². The van der Waals surface area contributed by atoms with Crippen LogP contribution >= 0.6 is 0 Å². The minimum atomic E-state index is -6.00. The Morgan fingerprint density at radius 3 is 1.32 bits per heavy atom. The Morgan fingerprint density at radius 1 is 0.613 bits per heavy atom. The average Bonchev–Trinajstić information content (AvgIpc) is 2.75. The first kappa shape index (κ1) is 22.8. The summed E-state index contributed by atoms with van der Waals surface area (Å²) in [5.41, 5.74) is 0. The van der Waals surface area contributed by atoms with Gasteiger partial charge >= 0.3 is 7.25 Å². The van der Waals surface area contributed by atoms with E-state index in [0.29, 0.717) is 0 Å². The van der Waals surface area contributed by atoms with E-state index in [-0.39, 0.29) is 10.9 Å². The lowest BCUT2D eigenvalue weighted by Gasteiger charge is -2.14. The fourth-order valence-corrected chi connectivity index (χ4v) is 5.64. The molecule has 162 valence electrons. The third kappa shape index (κ3) is 5.25. The Morgan fingerprint density at radius 2 is 0.968 bits per heavy atom. The van der Waals surface area contributed by atoms with Crippen molar-refractivity contribution in [3.05, 3.63) is 72.8 Å². The molecule has 0 saturated carbocycles. The van der Waals surface area contributed by atoms with Gasteiger partial charge < -0.3 is 26.7 Å². The Labute approximate surface area is 181 Å². The second kappa shape index (κ2) is 9.51. The maximum atomic E-state index is 9.75. The summed E-state index contributed by atoms with van der Waals surface area (Å²) in [6.45, 7) is 0. The molecule has 31 heavy (non-hydrogen) atoms. The summed E-state index contributed by atoms with van der Waals surface area (Å²) in [6.07, 6.45) is 2.26. The highest BCUT2D eigenvalue weighted by atomic mass is 32.2. The van der Waals surface area contributed by atoms with E-state index in [1.807, 2.05) is 0 Å². The molecule has 4 rings (SSSR count). The number of ether oxygens (including phenoxy) is 2. The second-order valence-corrected chi connectivity index (χ2v) is 8.48. The van der Waals surface area contributed by atoms with Gasteiger partial charge in [0, 0.05) is 10.8 Å². The van der Waals surface area contributed by atoms with Gasteiger partial charge in [-0.3, -0.25) is 0 Å². The van der Waals surface area contributed by atoms with E-state index >= 15 is 0 Å². The van der Waals surface area contributed by atoms with Crippen molar-refractivity contribution >= 4 is 39.7 Å². The van der Waals surface area contributed by atoms with Crippen molar-refractivity contribution in [1.82, 2.24) is 0 Å². The minimum absolute atomic E-state index is 0.219. The summed E-state index contributed by atoms with van der Waals surface area (Å²) in [5.74, 6) is 1.84. The first-order valence-corrected chi connectivity index (χ1v) is 11.0. The van der Waals surface area contributed by atoms with Gasteiger partial charge in [0.15, 0.2) is 11.5 Å². The van der Waals surface area contributed by atoms with Gasteiger partial charge in [0.05, 0.1) is 25.1 Å². The third-order valence-corrected chi connectivity index (χ3v) is 6.81. The quantitative estimate of drug-likeness (QED) is 0.191. The minimum Gasteiger partial charge on any atom is -0.491 e. The van der Waals surface area contributed by atoms with Crippen LogP contribution in [0.1, 0.15) is 0 Å². The molecule has 0 radical (unpaired) electrons. The van der Waals surface area contributed by atoms with Crippen LogP contribution in [0.15, 0.2) is 82.6 Å². The molecule has 0 spiro atoms. The topological polar surface area (TPSA) is 18.5 Å². The fraction of sp³-hybridized carbons (Fsp3) is 0.130. The fourth-order valence-electron chi connectivity index (χ4n) is 3.50. The van der Waals surface area contributed by atoms with E-state index in [1.165, 1.54) is 31.3 Å². The number of benzene rings is 4. The Balaban J connectivity index is 0.000000491. The van der Waals surface area contributed by atoms with Crippen LogP contribution in [0.3, 0.4) is 0 Å². The number of methoxy groups -OCH3 is 2. The van der Waals surface area contributed by atoms with Gasteiger partial charge in [0.2, 0.25) is 9.79 Å². The third-order valence-electron chi connectivity index (χ3n) is 4.74. The number of hydrogen-bond donors (Lipinski definition) is 0. The smallest absolute Gasteiger partial charge is 0.491 e. The SMILES string of the molecule is COc1ccc2ccccc2c1[S+](C)c1c(OC)ccc2ccccc12.F[B-](F)(F)F. The van der Waals surface area contributed by atoms with Crippen molar-refractivity contribution < 1.29 is 26.7 Å². The molecule has 4 aromatic carbocycles. The number of fused-ring (bicyclic) bond motifs is 2. The molecule has 8 heteroatoms. The average molecular weight is 448 g/mol. The highest BCUT2D eigenvalue weighted by molar-refractivity contribution is 7.97. The predicted molar refractivity (Wildman–Crippen MR) is 121 cm³/mol. The molecular formula is C23H21BF4O2S. The molecule has 0 aromatic heterocycles. The summed E-state index contributed by atoms with van der Waals surface area (Å²) in [6, 6.07) is 25.3. The highest BCUT2D eigenvalue weighted by Gasteiger charge is 2.32. The largest absolute Gasteiger partial charge is 0.673 e. The number of rotatable bonds is 4. The molecule has 0 N–H and O–H groups in total.